The van der Waals surface area contributed by atoms with Gasteiger partial charge in [-0.1, -0.05) is 0 Å². The second-order valence-corrected chi connectivity index (χ2v) is 9.45. The van der Waals surface area contributed by atoms with E-state index < -0.39 is 6.61 Å². The molecular weight excluding hydrogens is 416 g/mol. The van der Waals surface area contributed by atoms with E-state index in [1.165, 1.54) is 25.1 Å². The minimum Gasteiger partial charge on any atom is -0.431 e. The fourth-order valence-corrected chi connectivity index (χ4v) is 5.35. The molecule has 1 aromatic rings. The van der Waals surface area contributed by atoms with Crippen LogP contribution in [0.15, 0.2) is 24.0 Å². The highest BCUT2D eigenvalue weighted by Crippen LogP contribution is 2.61. The van der Waals surface area contributed by atoms with E-state index in [2.05, 4.69) is 40.7 Å². The van der Waals surface area contributed by atoms with Gasteiger partial charge < -0.3 is 25.9 Å². The highest BCUT2D eigenvalue weighted by atomic mass is 19.3. The quantitative estimate of drug-likeness (QED) is 0.527. The van der Waals surface area contributed by atoms with Crippen molar-refractivity contribution >= 4 is 11.5 Å². The summed E-state index contributed by atoms with van der Waals surface area (Å²) in [6.07, 6.45) is 5.86. The first kappa shape index (κ1) is 22.9. The summed E-state index contributed by atoms with van der Waals surface area (Å²) in [7, 11) is 0. The van der Waals surface area contributed by atoms with E-state index in [-0.39, 0.29) is 23.3 Å². The molecule has 0 bridgehead atoms. The number of ether oxygens (including phenoxy) is 2. The number of halogens is 2. The maximum Gasteiger partial charge on any atom is 0.387 e. The molecule has 3 aliphatic rings. The van der Waals surface area contributed by atoms with Crippen molar-refractivity contribution in [1.82, 2.24) is 15.2 Å². The number of rotatable bonds is 8. The molecule has 1 unspecified atom stereocenters. The molecule has 32 heavy (non-hydrogen) atoms. The second-order valence-electron chi connectivity index (χ2n) is 9.45. The maximum absolute atomic E-state index is 12.6. The van der Waals surface area contributed by atoms with E-state index in [1.54, 1.807) is 0 Å². The van der Waals surface area contributed by atoms with Gasteiger partial charge in [0.2, 0.25) is 0 Å². The average Bonchev–Trinajstić information content (AvgIpc) is 3.21. The first-order valence-electron chi connectivity index (χ1n) is 11.4. The minimum absolute atomic E-state index is 0.119. The van der Waals surface area contributed by atoms with Gasteiger partial charge in [0.1, 0.15) is 0 Å². The van der Waals surface area contributed by atoms with Gasteiger partial charge in [0.15, 0.2) is 11.6 Å². The van der Waals surface area contributed by atoms with Crippen LogP contribution in [0, 0.1) is 23.2 Å². The van der Waals surface area contributed by atoms with Crippen LogP contribution in [0.3, 0.4) is 0 Å². The molecule has 4 rings (SSSR count). The highest BCUT2D eigenvalue weighted by Gasteiger charge is 2.58. The van der Waals surface area contributed by atoms with Crippen molar-refractivity contribution in [2.24, 2.45) is 17.8 Å². The Morgan fingerprint density at radius 1 is 1.38 bits per heavy atom. The zero-order valence-electron chi connectivity index (χ0n) is 18.9. The number of fused-ring (bicyclic) bond motifs is 1. The lowest BCUT2D eigenvalue weighted by molar-refractivity contribution is -0.0495. The molecule has 3 fully saturated rings. The Hall–Kier alpha value is -2.26. The number of morpholine rings is 1. The van der Waals surface area contributed by atoms with Crippen molar-refractivity contribution in [3.8, 4) is 5.75 Å². The Balaban J connectivity index is 1.45. The number of aromatic nitrogens is 1. The van der Waals surface area contributed by atoms with E-state index >= 15 is 0 Å². The molecule has 9 heteroatoms. The number of nitrogens with one attached hydrogen (secondary N) is 2. The number of hydrogen-bond acceptors (Lipinski definition) is 7. The molecule has 5 atom stereocenters. The molecule has 1 aliphatic heterocycles. The van der Waals surface area contributed by atoms with E-state index in [0.29, 0.717) is 35.5 Å². The monoisotopic (exact) mass is 449 g/mol. The summed E-state index contributed by atoms with van der Waals surface area (Å²) >= 11 is 0. The smallest absolute Gasteiger partial charge is 0.387 e. The average molecular weight is 450 g/mol. The van der Waals surface area contributed by atoms with Gasteiger partial charge in [0.25, 0.3) is 0 Å². The number of allylic oxidation sites excluding steroid dienone is 2. The summed E-state index contributed by atoms with van der Waals surface area (Å²) in [5, 5.41) is 12.1. The van der Waals surface area contributed by atoms with E-state index in [1.807, 2.05) is 6.08 Å². The van der Waals surface area contributed by atoms with Crippen LogP contribution in [0.5, 0.6) is 5.75 Å². The first-order chi connectivity index (χ1) is 15.2. The lowest BCUT2D eigenvalue weighted by Crippen LogP contribution is -2.46. The van der Waals surface area contributed by atoms with Crippen LogP contribution in [0.1, 0.15) is 39.2 Å². The fraction of sp³-hybridized carbons (Fsp3) is 0.652. The largest absolute Gasteiger partial charge is 0.431 e. The number of nitrogens with zero attached hydrogens (tertiary/aromatic N) is 2. The van der Waals surface area contributed by atoms with Gasteiger partial charge in [0.05, 0.1) is 18.4 Å². The first-order valence-corrected chi connectivity index (χ1v) is 11.4. The van der Waals surface area contributed by atoms with Crippen molar-refractivity contribution < 1.29 is 18.3 Å². The molecule has 4 N–H and O–H groups in total. The molecule has 0 spiro atoms. The van der Waals surface area contributed by atoms with Crippen molar-refractivity contribution in [2.75, 3.05) is 25.4 Å². The molecular formula is C23H33F2N5O2. The third-order valence-corrected chi connectivity index (χ3v) is 6.73. The topological polar surface area (TPSA) is 96.5 Å². The van der Waals surface area contributed by atoms with Crippen LogP contribution in [0.25, 0.3) is 0 Å². The molecule has 1 saturated heterocycles. The number of nitrogen functional groups attached to an aromatic ring is 1. The predicted octanol–water partition coefficient (Wildman–Crippen LogP) is 3.26. The maximum atomic E-state index is 12.6. The van der Waals surface area contributed by atoms with E-state index in [4.69, 9.17) is 15.9 Å². The molecule has 2 saturated carbocycles. The van der Waals surface area contributed by atoms with Crippen molar-refractivity contribution in [2.45, 2.75) is 58.4 Å². The second kappa shape index (κ2) is 9.31. The number of alkyl halides is 2. The Kier molecular flexibility index (Phi) is 6.67. The van der Waals surface area contributed by atoms with Crippen LogP contribution in [-0.4, -0.2) is 60.1 Å². The van der Waals surface area contributed by atoms with Crippen molar-refractivity contribution in [3.63, 3.8) is 0 Å². The molecule has 0 radical (unpaired) electrons. The van der Waals surface area contributed by atoms with Crippen LogP contribution < -0.4 is 15.8 Å². The summed E-state index contributed by atoms with van der Waals surface area (Å²) in [5.74, 6) is 1.31. The zero-order valence-corrected chi connectivity index (χ0v) is 18.9. The van der Waals surface area contributed by atoms with Gasteiger partial charge in [-0.25, -0.2) is 4.98 Å². The Morgan fingerprint density at radius 2 is 2.09 bits per heavy atom. The Bertz CT molecular complexity index is 866. The van der Waals surface area contributed by atoms with Crippen molar-refractivity contribution in [1.29, 1.82) is 5.41 Å². The van der Waals surface area contributed by atoms with Gasteiger partial charge >= 0.3 is 6.61 Å². The van der Waals surface area contributed by atoms with E-state index in [0.717, 1.165) is 25.4 Å². The Morgan fingerprint density at radius 3 is 2.72 bits per heavy atom. The van der Waals surface area contributed by atoms with Gasteiger partial charge in [-0.05, 0) is 57.6 Å². The molecule has 0 amide bonds. The summed E-state index contributed by atoms with van der Waals surface area (Å²) < 4.78 is 35.4. The third-order valence-electron chi connectivity index (χ3n) is 6.73. The van der Waals surface area contributed by atoms with Crippen LogP contribution >= 0.6 is 0 Å². The number of pyridine rings is 1. The van der Waals surface area contributed by atoms with Gasteiger partial charge in [0, 0.05) is 48.5 Å². The highest BCUT2D eigenvalue weighted by molar-refractivity contribution is 6.07. The lowest BCUT2D eigenvalue weighted by Gasteiger charge is -2.36. The van der Waals surface area contributed by atoms with Gasteiger partial charge in [-0.15, -0.1) is 0 Å². The SMILES string of the molecule is CC(C)N/C(=C\C(=N)c1cnc(N)c(OC(F)F)c1)[C@H]1[C@@H]2CC(N3CCO[C@@H](C)C3)C[C@@H]21. The number of anilines is 1. The molecule has 176 valence electrons. The summed E-state index contributed by atoms with van der Waals surface area (Å²) in [6.45, 7) is 6.10. The molecule has 2 aliphatic carbocycles. The molecule has 7 nitrogen and oxygen atoms in total. The summed E-state index contributed by atoms with van der Waals surface area (Å²) in [6, 6.07) is 2.19. The molecule has 1 aromatic heterocycles. The lowest BCUT2D eigenvalue weighted by atomic mass is 10.0. The summed E-state index contributed by atoms with van der Waals surface area (Å²) in [4.78, 5) is 6.49. The third kappa shape index (κ3) is 5.04. The van der Waals surface area contributed by atoms with Crippen LogP contribution in [0.2, 0.25) is 0 Å². The molecule has 2 heterocycles. The van der Waals surface area contributed by atoms with E-state index in [9.17, 15) is 8.78 Å². The van der Waals surface area contributed by atoms with Crippen LogP contribution in [0.4, 0.5) is 14.6 Å². The van der Waals surface area contributed by atoms with Gasteiger partial charge in [-0.3, -0.25) is 4.90 Å². The van der Waals surface area contributed by atoms with Gasteiger partial charge in [-0.2, -0.15) is 8.78 Å². The fourth-order valence-electron chi connectivity index (χ4n) is 5.35. The number of hydrogen-bond donors (Lipinski definition) is 3. The standard InChI is InChI=1S/C23H33F2N5O2/c1-12(2)29-19(9-18(26)14-6-20(32-23(24)25)22(27)28-10-14)21-16-7-15(8-17(16)21)30-4-5-31-13(3)11-30/h6,9-10,12-13,15-17,21,23,26,29H,4-5,7-8,11H2,1-3H3,(H2,27,28)/b19-9-,26-18?/t13-,15?,16-,17+,21+/m0/s1. The van der Waals surface area contributed by atoms with Crippen LogP contribution in [-0.2, 0) is 4.74 Å². The normalized spacial score (nSPS) is 30.5. The Labute approximate surface area is 187 Å². The number of nitrogens with two attached hydrogens (primary N) is 1. The van der Waals surface area contributed by atoms with Crippen molar-refractivity contribution in [3.05, 3.63) is 29.6 Å². The summed E-state index contributed by atoms with van der Waals surface area (Å²) in [5.41, 5.74) is 7.26. The zero-order chi connectivity index (χ0) is 23.0. The predicted molar refractivity (Wildman–Crippen MR) is 119 cm³/mol. The minimum atomic E-state index is -2.99. The molecule has 0 aromatic carbocycles.